The Morgan fingerprint density at radius 2 is 1.95 bits per heavy atom. The zero-order valence-electron chi connectivity index (χ0n) is 14.3. The summed E-state index contributed by atoms with van der Waals surface area (Å²) < 4.78 is 0. The molecule has 3 nitrogen and oxygen atoms in total. The highest BCUT2D eigenvalue weighted by Gasteiger charge is 2.31. The van der Waals surface area contributed by atoms with Crippen molar-refractivity contribution in [2.75, 3.05) is 32.8 Å². The molecular formula is C17H36N2O. The van der Waals surface area contributed by atoms with Gasteiger partial charge in [0.05, 0.1) is 0 Å². The summed E-state index contributed by atoms with van der Waals surface area (Å²) in [5.41, 5.74) is 0.551. The van der Waals surface area contributed by atoms with E-state index in [2.05, 4.69) is 44.8 Å². The molecule has 20 heavy (non-hydrogen) atoms. The van der Waals surface area contributed by atoms with Crippen molar-refractivity contribution < 1.29 is 5.11 Å². The Balaban J connectivity index is 2.49. The molecule has 1 rings (SSSR count). The quantitative estimate of drug-likeness (QED) is 0.719. The topological polar surface area (TPSA) is 35.5 Å². The van der Waals surface area contributed by atoms with Crippen molar-refractivity contribution >= 4 is 0 Å². The third kappa shape index (κ3) is 6.55. The van der Waals surface area contributed by atoms with E-state index in [1.54, 1.807) is 0 Å². The number of likely N-dealkylation sites (tertiary alicyclic amines) is 1. The number of nitrogens with one attached hydrogen (secondary N) is 1. The molecular weight excluding hydrogens is 248 g/mol. The molecule has 1 fully saturated rings. The van der Waals surface area contributed by atoms with Gasteiger partial charge in [0.25, 0.3) is 0 Å². The van der Waals surface area contributed by atoms with Crippen LogP contribution in [0.25, 0.3) is 0 Å². The molecule has 0 aliphatic carbocycles. The van der Waals surface area contributed by atoms with Crippen LogP contribution in [0.4, 0.5) is 0 Å². The lowest BCUT2D eigenvalue weighted by atomic mass is 9.84. The first kappa shape index (κ1) is 17.9. The van der Waals surface area contributed by atoms with Gasteiger partial charge < -0.3 is 15.3 Å². The second-order valence-corrected chi connectivity index (χ2v) is 8.07. The van der Waals surface area contributed by atoms with Gasteiger partial charge in [-0.3, -0.25) is 0 Å². The standard InChI is InChI=1S/C17H36N2O/c1-6-9-17(5,13-18-16(2,3)4)14-19-10-7-15(12-19)8-11-20/h15,18,20H,6-14H2,1-5H3. The molecule has 1 heterocycles. The first-order valence-electron chi connectivity index (χ1n) is 8.36. The van der Waals surface area contributed by atoms with Crippen molar-refractivity contribution in [3.63, 3.8) is 0 Å². The number of rotatable bonds is 8. The Hall–Kier alpha value is -0.120. The molecule has 120 valence electrons. The van der Waals surface area contributed by atoms with E-state index >= 15 is 0 Å². The van der Waals surface area contributed by atoms with Crippen molar-refractivity contribution in [1.82, 2.24) is 10.2 Å². The largest absolute Gasteiger partial charge is 0.396 e. The molecule has 0 bridgehead atoms. The normalized spacial score (nSPS) is 24.0. The molecule has 1 saturated heterocycles. The SMILES string of the molecule is CCCC(C)(CNC(C)(C)C)CN1CCC(CCO)C1. The second kappa shape index (κ2) is 7.77. The number of hydrogen-bond acceptors (Lipinski definition) is 3. The zero-order valence-corrected chi connectivity index (χ0v) is 14.3. The van der Waals surface area contributed by atoms with Crippen molar-refractivity contribution in [1.29, 1.82) is 0 Å². The van der Waals surface area contributed by atoms with E-state index in [0.717, 1.165) is 13.0 Å². The van der Waals surface area contributed by atoms with Crippen molar-refractivity contribution in [2.24, 2.45) is 11.3 Å². The van der Waals surface area contributed by atoms with Crippen LogP contribution in [0.2, 0.25) is 0 Å². The fourth-order valence-electron chi connectivity index (χ4n) is 3.32. The van der Waals surface area contributed by atoms with Gasteiger partial charge in [-0.1, -0.05) is 20.3 Å². The summed E-state index contributed by atoms with van der Waals surface area (Å²) in [6.07, 6.45) is 4.75. The first-order chi connectivity index (χ1) is 9.28. The summed E-state index contributed by atoms with van der Waals surface area (Å²) >= 11 is 0. The smallest absolute Gasteiger partial charge is 0.0434 e. The Morgan fingerprint density at radius 3 is 2.50 bits per heavy atom. The molecule has 2 N–H and O–H groups in total. The van der Waals surface area contributed by atoms with Gasteiger partial charge in [0.1, 0.15) is 0 Å². The summed E-state index contributed by atoms with van der Waals surface area (Å²) in [6.45, 7) is 16.4. The van der Waals surface area contributed by atoms with E-state index in [-0.39, 0.29) is 5.54 Å². The van der Waals surface area contributed by atoms with E-state index in [9.17, 15) is 0 Å². The molecule has 0 amide bonds. The molecule has 1 aliphatic heterocycles. The lowest BCUT2D eigenvalue weighted by Gasteiger charge is -2.37. The van der Waals surface area contributed by atoms with Gasteiger partial charge in [0.15, 0.2) is 0 Å². The van der Waals surface area contributed by atoms with Gasteiger partial charge in [-0.05, 0) is 57.9 Å². The second-order valence-electron chi connectivity index (χ2n) is 8.07. The lowest BCUT2D eigenvalue weighted by molar-refractivity contribution is 0.155. The van der Waals surface area contributed by atoms with E-state index in [1.807, 2.05) is 0 Å². The molecule has 2 unspecified atom stereocenters. The fourth-order valence-corrected chi connectivity index (χ4v) is 3.32. The minimum absolute atomic E-state index is 0.194. The Kier molecular flexibility index (Phi) is 6.96. The van der Waals surface area contributed by atoms with E-state index < -0.39 is 0 Å². The van der Waals surface area contributed by atoms with E-state index in [1.165, 1.54) is 38.9 Å². The van der Waals surface area contributed by atoms with Gasteiger partial charge in [0.2, 0.25) is 0 Å². The molecule has 0 aromatic heterocycles. The maximum Gasteiger partial charge on any atom is 0.0434 e. The van der Waals surface area contributed by atoms with Crippen LogP contribution >= 0.6 is 0 Å². The molecule has 0 spiro atoms. The summed E-state index contributed by atoms with van der Waals surface area (Å²) in [7, 11) is 0. The maximum absolute atomic E-state index is 9.07. The lowest BCUT2D eigenvalue weighted by Crippen LogP contribution is -2.47. The monoisotopic (exact) mass is 284 g/mol. The molecule has 2 atom stereocenters. The van der Waals surface area contributed by atoms with Gasteiger partial charge in [-0.15, -0.1) is 0 Å². The third-order valence-electron chi connectivity index (χ3n) is 4.41. The number of nitrogens with zero attached hydrogens (tertiary/aromatic N) is 1. The van der Waals surface area contributed by atoms with Gasteiger partial charge >= 0.3 is 0 Å². The van der Waals surface area contributed by atoms with Gasteiger partial charge in [-0.2, -0.15) is 0 Å². The van der Waals surface area contributed by atoms with Crippen LogP contribution in [-0.4, -0.2) is 48.3 Å². The van der Waals surface area contributed by atoms with Crippen molar-refractivity contribution in [2.45, 2.75) is 65.8 Å². The highest BCUT2D eigenvalue weighted by Crippen LogP contribution is 2.28. The Morgan fingerprint density at radius 1 is 1.25 bits per heavy atom. The number of aliphatic hydroxyl groups is 1. The summed E-state index contributed by atoms with van der Waals surface area (Å²) in [6, 6.07) is 0. The van der Waals surface area contributed by atoms with Gasteiger partial charge in [-0.25, -0.2) is 0 Å². The average Bonchev–Trinajstić information content (AvgIpc) is 2.74. The Bertz CT molecular complexity index is 275. The van der Waals surface area contributed by atoms with Crippen LogP contribution < -0.4 is 5.32 Å². The number of hydrogen-bond donors (Lipinski definition) is 2. The predicted octanol–water partition coefficient (Wildman–Crippen LogP) is 2.89. The molecule has 0 aromatic rings. The predicted molar refractivity (Wildman–Crippen MR) is 87.0 cm³/mol. The highest BCUT2D eigenvalue weighted by molar-refractivity contribution is 4.86. The van der Waals surface area contributed by atoms with Crippen LogP contribution in [0.1, 0.15) is 60.3 Å². The highest BCUT2D eigenvalue weighted by atomic mass is 16.3. The van der Waals surface area contributed by atoms with Crippen LogP contribution in [0.5, 0.6) is 0 Å². The van der Waals surface area contributed by atoms with E-state index in [0.29, 0.717) is 17.9 Å². The molecule has 1 aliphatic rings. The summed E-state index contributed by atoms with van der Waals surface area (Å²) in [5, 5.41) is 12.8. The zero-order chi connectivity index (χ0) is 15.2. The minimum Gasteiger partial charge on any atom is -0.396 e. The van der Waals surface area contributed by atoms with Gasteiger partial charge in [0, 0.05) is 31.8 Å². The molecule has 3 heteroatoms. The van der Waals surface area contributed by atoms with Crippen molar-refractivity contribution in [3.8, 4) is 0 Å². The Labute approximate surface area is 126 Å². The van der Waals surface area contributed by atoms with Crippen LogP contribution in [-0.2, 0) is 0 Å². The molecule has 0 radical (unpaired) electrons. The maximum atomic E-state index is 9.07. The van der Waals surface area contributed by atoms with Crippen LogP contribution in [0, 0.1) is 11.3 Å². The average molecular weight is 284 g/mol. The first-order valence-corrected chi connectivity index (χ1v) is 8.36. The summed E-state index contributed by atoms with van der Waals surface area (Å²) in [4.78, 5) is 2.61. The van der Waals surface area contributed by atoms with E-state index in [4.69, 9.17) is 5.11 Å². The molecule has 0 aromatic carbocycles. The number of aliphatic hydroxyl groups excluding tert-OH is 1. The van der Waals surface area contributed by atoms with Crippen LogP contribution in [0.15, 0.2) is 0 Å². The molecule has 0 saturated carbocycles. The summed E-state index contributed by atoms with van der Waals surface area (Å²) in [5.74, 6) is 0.710. The fraction of sp³-hybridized carbons (Fsp3) is 1.00. The minimum atomic E-state index is 0.194. The van der Waals surface area contributed by atoms with Crippen LogP contribution in [0.3, 0.4) is 0 Å². The third-order valence-corrected chi connectivity index (χ3v) is 4.41. The van der Waals surface area contributed by atoms with Crippen molar-refractivity contribution in [3.05, 3.63) is 0 Å².